The highest BCUT2D eigenvalue weighted by molar-refractivity contribution is 6.31. The highest BCUT2D eigenvalue weighted by atomic mass is 35.5. The Morgan fingerprint density at radius 1 is 1.06 bits per heavy atom. The van der Waals surface area contributed by atoms with Crippen molar-refractivity contribution in [2.24, 2.45) is 5.92 Å². The second-order valence-corrected chi connectivity index (χ2v) is 8.46. The summed E-state index contributed by atoms with van der Waals surface area (Å²) in [7, 11) is 1.34. The van der Waals surface area contributed by atoms with Crippen LogP contribution in [0.5, 0.6) is 5.75 Å². The summed E-state index contributed by atoms with van der Waals surface area (Å²) < 4.78 is 17.1. The molecule has 2 aliphatic rings. The van der Waals surface area contributed by atoms with E-state index < -0.39 is 42.2 Å². The van der Waals surface area contributed by atoms with Gasteiger partial charge >= 0.3 is 0 Å². The number of aliphatic hydroxyl groups is 4. The molecule has 8 heteroatoms. The van der Waals surface area contributed by atoms with Gasteiger partial charge in [-0.2, -0.15) is 0 Å². The minimum absolute atomic E-state index is 0.428. The Morgan fingerprint density at radius 3 is 2.39 bits per heavy atom. The molecule has 0 bridgehead atoms. The molecule has 1 aliphatic heterocycles. The maximum atomic E-state index is 10.9. The highest BCUT2D eigenvalue weighted by Gasteiger charge is 2.77. The zero-order chi connectivity index (χ0) is 22.4. The van der Waals surface area contributed by atoms with Crippen LogP contribution in [0.25, 0.3) is 0 Å². The molecule has 7 nitrogen and oxygen atoms in total. The van der Waals surface area contributed by atoms with Crippen LogP contribution < -0.4 is 4.74 Å². The van der Waals surface area contributed by atoms with Crippen LogP contribution in [0.1, 0.15) is 23.6 Å². The molecule has 0 radical (unpaired) electrons. The second-order valence-electron chi connectivity index (χ2n) is 8.05. The van der Waals surface area contributed by atoms with Gasteiger partial charge in [-0.3, -0.25) is 0 Å². The summed E-state index contributed by atoms with van der Waals surface area (Å²) in [6, 6.07) is 12.7. The lowest BCUT2D eigenvalue weighted by Gasteiger charge is -2.45. The quantitative estimate of drug-likeness (QED) is 0.507. The number of methoxy groups -OCH3 is 1. The van der Waals surface area contributed by atoms with Gasteiger partial charge in [0.1, 0.15) is 17.5 Å². The van der Waals surface area contributed by atoms with Crippen molar-refractivity contribution >= 4 is 11.6 Å². The summed E-state index contributed by atoms with van der Waals surface area (Å²) in [5, 5.41) is 42.1. The van der Waals surface area contributed by atoms with Crippen LogP contribution in [-0.2, 0) is 21.7 Å². The first kappa shape index (κ1) is 22.5. The van der Waals surface area contributed by atoms with E-state index in [1.54, 1.807) is 18.2 Å². The standard InChI is InChI=1S/C23H27ClO7/c1-3-30-16-7-4-13(5-8-16)10-14-11-15(6-9-17(14)24)23(29-2)21(28)19(26)18-20(27)22(18,12-25)31-23/h4-9,11,18-21,25-28H,3,10,12H2,1-2H3. The lowest BCUT2D eigenvalue weighted by molar-refractivity contribution is -0.351. The number of hydrogen-bond acceptors (Lipinski definition) is 7. The molecule has 4 rings (SSSR count). The molecule has 2 aromatic carbocycles. The molecule has 4 N–H and O–H groups in total. The normalized spacial score (nSPS) is 34.3. The Kier molecular flexibility index (Phi) is 6.04. The number of hydrogen-bond donors (Lipinski definition) is 4. The van der Waals surface area contributed by atoms with Crippen molar-refractivity contribution in [2.75, 3.05) is 20.3 Å². The van der Waals surface area contributed by atoms with Crippen molar-refractivity contribution in [1.29, 1.82) is 0 Å². The van der Waals surface area contributed by atoms with Crippen molar-refractivity contribution in [1.82, 2.24) is 0 Å². The van der Waals surface area contributed by atoms with E-state index in [9.17, 15) is 20.4 Å². The van der Waals surface area contributed by atoms with E-state index in [4.69, 9.17) is 25.8 Å². The maximum Gasteiger partial charge on any atom is 0.224 e. The first-order valence-corrected chi connectivity index (χ1v) is 10.6. The molecule has 168 valence electrons. The SMILES string of the molecule is CCOc1ccc(Cc2cc(C3(OC)OC4(CO)C(O)C4C(O)C3O)ccc2Cl)cc1. The third-order valence-corrected chi connectivity index (χ3v) is 6.71. The van der Waals surface area contributed by atoms with Crippen LogP contribution in [0.15, 0.2) is 42.5 Å². The lowest BCUT2D eigenvalue weighted by Crippen LogP contribution is -2.58. The van der Waals surface area contributed by atoms with Gasteiger partial charge in [0, 0.05) is 17.7 Å². The predicted octanol–water partition coefficient (Wildman–Crippen LogP) is 1.60. The molecular weight excluding hydrogens is 424 g/mol. The number of rotatable bonds is 7. The Morgan fingerprint density at radius 2 is 1.77 bits per heavy atom. The summed E-state index contributed by atoms with van der Waals surface area (Å²) in [6.07, 6.45) is -3.40. The first-order chi connectivity index (χ1) is 14.8. The van der Waals surface area contributed by atoms with Gasteiger partial charge in [0.05, 0.1) is 31.3 Å². The molecule has 1 aliphatic carbocycles. The van der Waals surface area contributed by atoms with E-state index in [1.165, 1.54) is 7.11 Å². The third kappa shape index (κ3) is 3.54. The van der Waals surface area contributed by atoms with Gasteiger partial charge in [-0.15, -0.1) is 0 Å². The highest BCUT2D eigenvalue weighted by Crippen LogP contribution is 2.59. The lowest BCUT2D eigenvalue weighted by atomic mass is 9.88. The molecule has 6 unspecified atom stereocenters. The zero-order valence-corrected chi connectivity index (χ0v) is 18.1. The minimum Gasteiger partial charge on any atom is -0.494 e. The van der Waals surface area contributed by atoms with Gasteiger partial charge < -0.3 is 34.6 Å². The summed E-state index contributed by atoms with van der Waals surface area (Å²) >= 11 is 6.44. The van der Waals surface area contributed by atoms with E-state index in [2.05, 4.69) is 0 Å². The largest absolute Gasteiger partial charge is 0.494 e. The van der Waals surface area contributed by atoms with Gasteiger partial charge in [-0.25, -0.2) is 0 Å². The fourth-order valence-electron chi connectivity index (χ4n) is 4.55. The van der Waals surface area contributed by atoms with Crippen LogP contribution in [-0.4, -0.2) is 64.7 Å². The molecule has 0 amide bonds. The smallest absolute Gasteiger partial charge is 0.224 e. The number of aliphatic hydroxyl groups excluding tert-OH is 4. The average Bonchev–Trinajstić information content (AvgIpc) is 3.37. The zero-order valence-electron chi connectivity index (χ0n) is 17.4. The van der Waals surface area contributed by atoms with Crippen molar-refractivity contribution < 1.29 is 34.6 Å². The average molecular weight is 451 g/mol. The van der Waals surface area contributed by atoms with Crippen molar-refractivity contribution in [3.63, 3.8) is 0 Å². The van der Waals surface area contributed by atoms with Crippen molar-refractivity contribution in [2.45, 2.75) is 43.0 Å². The minimum atomic E-state index is -1.77. The van der Waals surface area contributed by atoms with E-state index in [1.807, 2.05) is 31.2 Å². The first-order valence-electron chi connectivity index (χ1n) is 10.2. The van der Waals surface area contributed by atoms with Crippen LogP contribution in [0.2, 0.25) is 5.02 Å². The molecule has 1 saturated carbocycles. The molecular formula is C23H27ClO7. The van der Waals surface area contributed by atoms with E-state index in [0.29, 0.717) is 23.6 Å². The molecule has 31 heavy (non-hydrogen) atoms. The third-order valence-electron chi connectivity index (χ3n) is 6.35. The van der Waals surface area contributed by atoms with Crippen LogP contribution >= 0.6 is 11.6 Å². The number of ether oxygens (including phenoxy) is 3. The van der Waals surface area contributed by atoms with Gasteiger partial charge in [0.25, 0.3) is 0 Å². The van der Waals surface area contributed by atoms with E-state index >= 15 is 0 Å². The summed E-state index contributed by atoms with van der Waals surface area (Å²) in [6.45, 7) is 2.00. The maximum absolute atomic E-state index is 10.9. The molecule has 0 aromatic heterocycles. The van der Waals surface area contributed by atoms with Crippen LogP contribution in [0.3, 0.4) is 0 Å². The summed E-state index contributed by atoms with van der Waals surface area (Å²) in [5.41, 5.74) is 0.811. The van der Waals surface area contributed by atoms with Crippen LogP contribution in [0.4, 0.5) is 0 Å². The molecule has 1 heterocycles. The van der Waals surface area contributed by atoms with Gasteiger partial charge in [-0.1, -0.05) is 29.8 Å². The molecule has 2 aromatic rings. The Bertz CT molecular complexity index is 936. The van der Waals surface area contributed by atoms with E-state index in [0.717, 1.165) is 16.9 Å². The number of benzene rings is 2. The van der Waals surface area contributed by atoms with Gasteiger partial charge in [0.15, 0.2) is 0 Å². The number of fused-ring (bicyclic) bond motifs is 1. The molecule has 1 saturated heterocycles. The Labute approximate surface area is 185 Å². The Balaban J connectivity index is 1.67. The summed E-state index contributed by atoms with van der Waals surface area (Å²) in [5.74, 6) is -1.77. The van der Waals surface area contributed by atoms with E-state index in [-0.39, 0.29) is 0 Å². The fourth-order valence-corrected chi connectivity index (χ4v) is 4.74. The molecule has 2 fully saturated rings. The van der Waals surface area contributed by atoms with Gasteiger partial charge in [-0.05, 0) is 48.7 Å². The second kappa shape index (κ2) is 8.33. The summed E-state index contributed by atoms with van der Waals surface area (Å²) in [4.78, 5) is 0. The number of halogens is 1. The topological polar surface area (TPSA) is 109 Å². The van der Waals surface area contributed by atoms with Crippen LogP contribution in [0, 0.1) is 5.92 Å². The predicted molar refractivity (Wildman–Crippen MR) is 113 cm³/mol. The van der Waals surface area contributed by atoms with Crippen molar-refractivity contribution in [3.8, 4) is 5.75 Å². The monoisotopic (exact) mass is 450 g/mol. The molecule has 6 atom stereocenters. The molecule has 0 spiro atoms. The Hall–Kier alpha value is -1.71. The van der Waals surface area contributed by atoms with Gasteiger partial charge in [0.2, 0.25) is 5.79 Å². The fraction of sp³-hybridized carbons (Fsp3) is 0.478. The van der Waals surface area contributed by atoms with Crippen molar-refractivity contribution in [3.05, 3.63) is 64.2 Å².